The van der Waals surface area contributed by atoms with Crippen molar-refractivity contribution in [3.05, 3.63) is 33.3 Å². The molecular weight excluding hydrogens is 305 g/mol. The van der Waals surface area contributed by atoms with Crippen LogP contribution in [0.2, 0.25) is 0 Å². The van der Waals surface area contributed by atoms with E-state index < -0.39 is 0 Å². The van der Waals surface area contributed by atoms with Crippen LogP contribution in [0.15, 0.2) is 22.7 Å². The van der Waals surface area contributed by atoms with Gasteiger partial charge in [0.15, 0.2) is 10.6 Å². The van der Waals surface area contributed by atoms with Crippen LogP contribution in [0, 0.1) is 10.6 Å². The Labute approximate surface area is 112 Å². The molecule has 1 aromatic heterocycles. The summed E-state index contributed by atoms with van der Waals surface area (Å²) in [4.78, 5) is 0. The third kappa shape index (κ3) is 2.47. The molecule has 0 atom stereocenters. The summed E-state index contributed by atoms with van der Waals surface area (Å²) in [6.45, 7) is 4.01. The average Bonchev–Trinajstić information content (AvgIpc) is 2.58. The molecule has 2 rings (SSSR count). The Morgan fingerprint density at radius 3 is 2.71 bits per heavy atom. The van der Waals surface area contributed by atoms with Crippen LogP contribution in [-0.4, -0.2) is 14.8 Å². The van der Waals surface area contributed by atoms with Gasteiger partial charge in [0.05, 0.1) is 0 Å². The molecule has 1 aromatic carbocycles. The number of nitrogens with zero attached hydrogens (tertiary/aromatic N) is 2. The molecule has 0 aliphatic heterocycles. The number of hydrogen-bond acceptors (Lipinski definition) is 2. The maximum atomic E-state index is 13.3. The Morgan fingerprint density at radius 2 is 2.12 bits per heavy atom. The van der Waals surface area contributed by atoms with Crippen molar-refractivity contribution in [2.24, 2.45) is 0 Å². The van der Waals surface area contributed by atoms with Gasteiger partial charge in [0.25, 0.3) is 0 Å². The lowest BCUT2D eigenvalue weighted by Crippen LogP contribution is -2.03. The summed E-state index contributed by atoms with van der Waals surface area (Å²) < 4.78 is 16.4. The van der Waals surface area contributed by atoms with Gasteiger partial charge in [-0.25, -0.2) is 4.39 Å². The smallest absolute Gasteiger partial charge is 0.195 e. The summed E-state index contributed by atoms with van der Waals surface area (Å²) in [5, 5.41) is 6.88. The van der Waals surface area contributed by atoms with Gasteiger partial charge in [0, 0.05) is 16.1 Å². The fraction of sp³-hybridized carbons (Fsp3) is 0.273. The zero-order valence-electron chi connectivity index (χ0n) is 9.37. The Bertz CT molecular complexity index is 583. The maximum Gasteiger partial charge on any atom is 0.195 e. The third-order valence-electron chi connectivity index (χ3n) is 2.34. The van der Waals surface area contributed by atoms with E-state index in [1.165, 1.54) is 12.1 Å². The van der Waals surface area contributed by atoms with Crippen LogP contribution < -0.4 is 0 Å². The van der Waals surface area contributed by atoms with E-state index in [1.807, 2.05) is 24.5 Å². The number of aromatic nitrogens is 3. The van der Waals surface area contributed by atoms with E-state index in [-0.39, 0.29) is 11.9 Å². The SMILES string of the molecule is CC(C)n1c(-c2cc(F)cc(Br)c2)n[nH]c1=S. The Kier molecular flexibility index (Phi) is 3.44. The molecule has 2 aromatic rings. The minimum atomic E-state index is -0.307. The molecule has 0 radical (unpaired) electrons. The fourth-order valence-corrected chi connectivity index (χ4v) is 2.48. The molecular formula is C11H11BrFN3S. The van der Waals surface area contributed by atoms with E-state index in [9.17, 15) is 4.39 Å². The van der Waals surface area contributed by atoms with E-state index in [0.717, 1.165) is 0 Å². The topological polar surface area (TPSA) is 33.6 Å². The summed E-state index contributed by atoms with van der Waals surface area (Å²) in [6, 6.07) is 4.82. The lowest BCUT2D eigenvalue weighted by atomic mass is 10.2. The fourth-order valence-electron chi connectivity index (χ4n) is 1.67. The van der Waals surface area contributed by atoms with Gasteiger partial charge in [0.2, 0.25) is 0 Å². The molecule has 90 valence electrons. The largest absolute Gasteiger partial charge is 0.298 e. The van der Waals surface area contributed by atoms with Crippen molar-refractivity contribution in [2.75, 3.05) is 0 Å². The zero-order valence-corrected chi connectivity index (χ0v) is 11.8. The first-order chi connectivity index (χ1) is 7.99. The number of aromatic amines is 1. The van der Waals surface area contributed by atoms with Gasteiger partial charge in [-0.2, -0.15) is 5.10 Å². The molecule has 0 bridgehead atoms. The second-order valence-corrected chi connectivity index (χ2v) is 5.28. The molecule has 0 fully saturated rings. The van der Waals surface area contributed by atoms with Crippen LogP contribution >= 0.6 is 28.1 Å². The number of hydrogen-bond donors (Lipinski definition) is 1. The van der Waals surface area contributed by atoms with Crippen LogP contribution in [0.1, 0.15) is 19.9 Å². The highest BCUT2D eigenvalue weighted by Gasteiger charge is 2.12. The lowest BCUT2D eigenvalue weighted by Gasteiger charge is -2.10. The standard InChI is InChI=1S/C11H11BrFN3S/c1-6(2)16-10(14-15-11(16)17)7-3-8(12)5-9(13)4-7/h3-6H,1-2H3,(H,15,17). The average molecular weight is 316 g/mol. The van der Waals surface area contributed by atoms with Gasteiger partial charge in [-0.1, -0.05) is 15.9 Å². The van der Waals surface area contributed by atoms with Crippen LogP contribution in [0.5, 0.6) is 0 Å². The second-order valence-electron chi connectivity index (χ2n) is 3.97. The molecule has 0 spiro atoms. The van der Waals surface area contributed by atoms with Gasteiger partial charge in [-0.05, 0) is 44.3 Å². The predicted octanol–water partition coefficient (Wildman–Crippen LogP) is 4.09. The highest BCUT2D eigenvalue weighted by atomic mass is 79.9. The van der Waals surface area contributed by atoms with Crippen LogP contribution in [-0.2, 0) is 0 Å². The first kappa shape index (κ1) is 12.4. The molecule has 0 unspecified atom stereocenters. The van der Waals surface area contributed by atoms with Gasteiger partial charge in [-0.3, -0.25) is 9.67 Å². The predicted molar refractivity (Wildman–Crippen MR) is 70.9 cm³/mol. The molecule has 1 N–H and O–H groups in total. The van der Waals surface area contributed by atoms with E-state index in [1.54, 1.807) is 0 Å². The maximum absolute atomic E-state index is 13.3. The van der Waals surface area contributed by atoms with E-state index >= 15 is 0 Å². The highest BCUT2D eigenvalue weighted by molar-refractivity contribution is 9.10. The van der Waals surface area contributed by atoms with Gasteiger partial charge in [0.1, 0.15) is 5.82 Å². The summed E-state index contributed by atoms with van der Waals surface area (Å²) >= 11 is 8.42. The van der Waals surface area contributed by atoms with Gasteiger partial charge in [-0.15, -0.1) is 0 Å². The van der Waals surface area contributed by atoms with Crippen molar-refractivity contribution >= 4 is 28.1 Å². The normalized spacial score (nSPS) is 11.1. The summed E-state index contributed by atoms with van der Waals surface area (Å²) in [5.41, 5.74) is 0.693. The minimum absolute atomic E-state index is 0.165. The quantitative estimate of drug-likeness (QED) is 0.847. The second kappa shape index (κ2) is 4.70. The Balaban J connectivity index is 2.64. The monoisotopic (exact) mass is 315 g/mol. The summed E-state index contributed by atoms with van der Waals surface area (Å²) in [5.74, 6) is 0.337. The molecule has 0 saturated heterocycles. The first-order valence-electron chi connectivity index (χ1n) is 5.12. The Morgan fingerprint density at radius 1 is 1.41 bits per heavy atom. The van der Waals surface area contributed by atoms with E-state index in [4.69, 9.17) is 12.2 Å². The number of rotatable bonds is 2. The molecule has 17 heavy (non-hydrogen) atoms. The van der Waals surface area contributed by atoms with Crippen LogP contribution in [0.4, 0.5) is 4.39 Å². The number of nitrogens with one attached hydrogen (secondary N) is 1. The van der Waals surface area contributed by atoms with Crippen molar-refractivity contribution in [3.63, 3.8) is 0 Å². The van der Waals surface area contributed by atoms with Crippen molar-refractivity contribution in [1.82, 2.24) is 14.8 Å². The van der Waals surface area contributed by atoms with Crippen molar-refractivity contribution < 1.29 is 4.39 Å². The molecule has 0 aliphatic rings. The molecule has 0 saturated carbocycles. The molecule has 0 amide bonds. The molecule has 3 nitrogen and oxygen atoms in total. The molecule has 6 heteroatoms. The van der Waals surface area contributed by atoms with Gasteiger partial charge >= 0.3 is 0 Å². The first-order valence-corrected chi connectivity index (χ1v) is 6.32. The van der Waals surface area contributed by atoms with Crippen LogP contribution in [0.25, 0.3) is 11.4 Å². The number of halogens is 2. The molecule has 0 aliphatic carbocycles. The number of H-pyrrole nitrogens is 1. The van der Waals surface area contributed by atoms with Crippen molar-refractivity contribution in [3.8, 4) is 11.4 Å². The van der Waals surface area contributed by atoms with Crippen LogP contribution in [0.3, 0.4) is 0 Å². The van der Waals surface area contributed by atoms with E-state index in [2.05, 4.69) is 26.1 Å². The van der Waals surface area contributed by atoms with Gasteiger partial charge < -0.3 is 0 Å². The van der Waals surface area contributed by atoms with E-state index in [0.29, 0.717) is 20.6 Å². The van der Waals surface area contributed by atoms with Crippen molar-refractivity contribution in [2.45, 2.75) is 19.9 Å². The summed E-state index contributed by atoms with van der Waals surface area (Å²) in [7, 11) is 0. The van der Waals surface area contributed by atoms with Crippen molar-refractivity contribution in [1.29, 1.82) is 0 Å². The third-order valence-corrected chi connectivity index (χ3v) is 3.09. The number of benzene rings is 1. The molecule has 1 heterocycles. The summed E-state index contributed by atoms with van der Waals surface area (Å²) in [6.07, 6.45) is 0. The lowest BCUT2D eigenvalue weighted by molar-refractivity contribution is 0.595. The minimum Gasteiger partial charge on any atom is -0.298 e. The zero-order chi connectivity index (χ0) is 12.6. The highest BCUT2D eigenvalue weighted by Crippen LogP contribution is 2.25. The Hall–Kier alpha value is -1.01.